The number of rotatable bonds is 5. The van der Waals surface area contributed by atoms with Crippen molar-refractivity contribution in [1.29, 1.82) is 5.26 Å². The molecule has 0 bridgehead atoms. The van der Waals surface area contributed by atoms with E-state index in [1.165, 1.54) is 11.8 Å². The van der Waals surface area contributed by atoms with Crippen LogP contribution in [0.2, 0.25) is 0 Å². The molecule has 0 amide bonds. The Kier molecular flexibility index (Phi) is 4.35. The number of benzene rings is 1. The number of aromatic nitrogens is 2. The molecule has 0 aliphatic heterocycles. The minimum Gasteiger partial charge on any atom is -0.471 e. The molecule has 0 unspecified atom stereocenters. The van der Waals surface area contributed by atoms with Gasteiger partial charge in [0.15, 0.2) is 12.4 Å². The van der Waals surface area contributed by atoms with Gasteiger partial charge in [-0.3, -0.25) is 0 Å². The molecule has 0 N–H and O–H groups in total. The highest BCUT2D eigenvalue weighted by atomic mass is 16.5. The Morgan fingerprint density at radius 1 is 1.35 bits per heavy atom. The number of hydrogen-bond donors (Lipinski definition) is 0. The first kappa shape index (κ1) is 13.6. The smallest absolute Gasteiger partial charge is 0.358 e. The fourth-order valence-electron chi connectivity index (χ4n) is 1.58. The summed E-state index contributed by atoms with van der Waals surface area (Å²) in [6.45, 7) is 0.189. The van der Waals surface area contributed by atoms with Crippen LogP contribution in [-0.4, -0.2) is 22.9 Å². The van der Waals surface area contributed by atoms with Crippen LogP contribution in [0.4, 0.5) is 0 Å². The van der Waals surface area contributed by atoms with Gasteiger partial charge in [0.25, 0.3) is 0 Å². The summed E-state index contributed by atoms with van der Waals surface area (Å²) in [5.74, 6) is 0.186. The number of methoxy groups -OCH3 is 1. The van der Waals surface area contributed by atoms with Crippen molar-refractivity contribution >= 4 is 5.97 Å². The molecule has 6 nitrogen and oxygen atoms in total. The first-order chi connectivity index (χ1) is 9.72. The summed E-state index contributed by atoms with van der Waals surface area (Å²) in [4.78, 5) is 11.2. The summed E-state index contributed by atoms with van der Waals surface area (Å²) in [6.07, 6.45) is 2.01. The second-order valence-electron chi connectivity index (χ2n) is 3.98. The standard InChI is InChI=1S/C14H13N3O3/c1-19-14(18)13-7-9-17(16-13)10-20-12-4-2-11(3-5-12)6-8-15/h2-5,7,9H,6,10H2,1H3. The van der Waals surface area contributed by atoms with Crippen LogP contribution in [0.3, 0.4) is 0 Å². The van der Waals surface area contributed by atoms with Gasteiger partial charge in [-0.25, -0.2) is 9.48 Å². The number of carbonyl (C=O) groups excluding carboxylic acids is 1. The maximum absolute atomic E-state index is 11.2. The molecule has 0 radical (unpaired) electrons. The third-order valence-electron chi connectivity index (χ3n) is 2.61. The Bertz CT molecular complexity index is 626. The summed E-state index contributed by atoms with van der Waals surface area (Å²) < 4.78 is 11.6. The summed E-state index contributed by atoms with van der Waals surface area (Å²) in [5, 5.41) is 12.6. The maximum Gasteiger partial charge on any atom is 0.358 e. The lowest BCUT2D eigenvalue weighted by atomic mass is 10.2. The molecule has 0 atom stereocenters. The number of esters is 1. The van der Waals surface area contributed by atoms with E-state index >= 15 is 0 Å². The number of ether oxygens (including phenoxy) is 2. The van der Waals surface area contributed by atoms with E-state index in [9.17, 15) is 4.79 Å². The third kappa shape index (κ3) is 3.36. The van der Waals surface area contributed by atoms with Gasteiger partial charge < -0.3 is 9.47 Å². The van der Waals surface area contributed by atoms with Gasteiger partial charge in [-0.2, -0.15) is 10.4 Å². The Balaban J connectivity index is 1.93. The van der Waals surface area contributed by atoms with Gasteiger partial charge >= 0.3 is 5.97 Å². The van der Waals surface area contributed by atoms with E-state index in [1.54, 1.807) is 24.4 Å². The Labute approximate surface area is 116 Å². The molecule has 0 fully saturated rings. The van der Waals surface area contributed by atoms with E-state index in [4.69, 9.17) is 10.00 Å². The van der Waals surface area contributed by atoms with Crippen LogP contribution < -0.4 is 4.74 Å². The molecule has 1 heterocycles. The molecule has 0 aliphatic rings. The highest BCUT2D eigenvalue weighted by molar-refractivity contribution is 5.86. The monoisotopic (exact) mass is 271 g/mol. The zero-order valence-electron chi connectivity index (χ0n) is 10.9. The minimum absolute atomic E-state index is 0.189. The van der Waals surface area contributed by atoms with Crippen LogP contribution in [0.5, 0.6) is 5.75 Å². The molecule has 1 aromatic heterocycles. The fourth-order valence-corrected chi connectivity index (χ4v) is 1.58. The van der Waals surface area contributed by atoms with E-state index in [0.29, 0.717) is 12.2 Å². The van der Waals surface area contributed by atoms with Crippen molar-refractivity contribution in [3.8, 4) is 11.8 Å². The van der Waals surface area contributed by atoms with E-state index < -0.39 is 5.97 Å². The molecule has 0 saturated heterocycles. The lowest BCUT2D eigenvalue weighted by molar-refractivity contribution is 0.0592. The Morgan fingerprint density at radius 2 is 2.10 bits per heavy atom. The van der Waals surface area contributed by atoms with Gasteiger partial charge in [0, 0.05) is 6.20 Å². The van der Waals surface area contributed by atoms with Crippen LogP contribution in [-0.2, 0) is 17.9 Å². The Hall–Kier alpha value is -2.81. The molecule has 6 heteroatoms. The Morgan fingerprint density at radius 3 is 2.75 bits per heavy atom. The van der Waals surface area contributed by atoms with Crippen LogP contribution >= 0.6 is 0 Å². The highest BCUT2D eigenvalue weighted by Gasteiger charge is 2.08. The molecule has 102 valence electrons. The van der Waals surface area contributed by atoms with Crippen molar-refractivity contribution in [2.24, 2.45) is 0 Å². The normalized spacial score (nSPS) is 9.80. The number of nitriles is 1. The lowest BCUT2D eigenvalue weighted by Crippen LogP contribution is -2.08. The topological polar surface area (TPSA) is 77.1 Å². The average molecular weight is 271 g/mol. The molecule has 0 spiro atoms. The molecule has 1 aromatic carbocycles. The number of nitrogens with zero attached hydrogens (tertiary/aromatic N) is 3. The number of carbonyl (C=O) groups is 1. The van der Waals surface area contributed by atoms with Gasteiger partial charge in [0.1, 0.15) is 5.75 Å². The van der Waals surface area contributed by atoms with Crippen molar-refractivity contribution in [2.45, 2.75) is 13.2 Å². The first-order valence-corrected chi connectivity index (χ1v) is 5.93. The molecular weight excluding hydrogens is 258 g/mol. The van der Waals surface area contributed by atoms with Crippen molar-refractivity contribution in [1.82, 2.24) is 9.78 Å². The van der Waals surface area contributed by atoms with E-state index in [1.807, 2.05) is 12.1 Å². The van der Waals surface area contributed by atoms with Crippen LogP contribution in [0.15, 0.2) is 36.5 Å². The average Bonchev–Trinajstić information content (AvgIpc) is 2.95. The van der Waals surface area contributed by atoms with E-state index in [0.717, 1.165) is 5.56 Å². The molecule has 0 saturated carbocycles. The zero-order chi connectivity index (χ0) is 14.4. The largest absolute Gasteiger partial charge is 0.471 e. The van der Waals surface area contributed by atoms with Crippen molar-refractivity contribution in [3.05, 3.63) is 47.8 Å². The maximum atomic E-state index is 11.2. The van der Waals surface area contributed by atoms with Crippen molar-refractivity contribution < 1.29 is 14.3 Å². The van der Waals surface area contributed by atoms with Gasteiger partial charge in [-0.15, -0.1) is 0 Å². The second-order valence-corrected chi connectivity index (χ2v) is 3.98. The van der Waals surface area contributed by atoms with Gasteiger partial charge in [-0.1, -0.05) is 12.1 Å². The van der Waals surface area contributed by atoms with Gasteiger partial charge in [0.05, 0.1) is 19.6 Å². The SMILES string of the molecule is COC(=O)c1ccn(COc2ccc(CC#N)cc2)n1. The zero-order valence-corrected chi connectivity index (χ0v) is 10.9. The summed E-state index contributed by atoms with van der Waals surface area (Å²) in [5.41, 5.74) is 1.17. The van der Waals surface area contributed by atoms with E-state index in [2.05, 4.69) is 15.9 Å². The first-order valence-electron chi connectivity index (χ1n) is 5.93. The van der Waals surface area contributed by atoms with Crippen LogP contribution in [0.25, 0.3) is 0 Å². The molecular formula is C14H13N3O3. The summed E-state index contributed by atoms with van der Waals surface area (Å²) >= 11 is 0. The highest BCUT2D eigenvalue weighted by Crippen LogP contribution is 2.13. The van der Waals surface area contributed by atoms with Gasteiger partial charge in [-0.05, 0) is 23.8 Å². The van der Waals surface area contributed by atoms with Crippen molar-refractivity contribution in [3.63, 3.8) is 0 Å². The third-order valence-corrected chi connectivity index (χ3v) is 2.61. The predicted molar refractivity (Wildman–Crippen MR) is 70.0 cm³/mol. The van der Waals surface area contributed by atoms with Gasteiger partial charge in [0.2, 0.25) is 0 Å². The lowest BCUT2D eigenvalue weighted by Gasteiger charge is -2.06. The van der Waals surface area contributed by atoms with Crippen molar-refractivity contribution in [2.75, 3.05) is 7.11 Å². The summed E-state index contributed by atoms with van der Waals surface area (Å²) in [6, 6.07) is 10.9. The minimum atomic E-state index is -0.482. The second kappa shape index (κ2) is 6.38. The quantitative estimate of drug-likeness (QED) is 0.774. The fraction of sp³-hybridized carbons (Fsp3) is 0.214. The van der Waals surface area contributed by atoms with Crippen LogP contribution in [0.1, 0.15) is 16.1 Å². The predicted octanol–water partition coefficient (Wildman–Crippen LogP) is 1.77. The molecule has 2 rings (SSSR count). The molecule has 20 heavy (non-hydrogen) atoms. The molecule has 2 aromatic rings. The summed E-state index contributed by atoms with van der Waals surface area (Å²) in [7, 11) is 1.31. The molecule has 0 aliphatic carbocycles. The number of hydrogen-bond acceptors (Lipinski definition) is 5. The van der Waals surface area contributed by atoms with Crippen LogP contribution in [0, 0.1) is 11.3 Å². The van der Waals surface area contributed by atoms with E-state index in [-0.39, 0.29) is 12.4 Å².